The van der Waals surface area contributed by atoms with Gasteiger partial charge < -0.3 is 5.11 Å². The number of rotatable bonds is 6. The monoisotopic (exact) mass is 355 g/mol. The van der Waals surface area contributed by atoms with Crippen molar-refractivity contribution in [1.29, 1.82) is 0 Å². The lowest BCUT2D eigenvalue weighted by Crippen LogP contribution is -2.48. The second-order valence-electron chi connectivity index (χ2n) is 5.04. The molecule has 1 rings (SSSR count). The zero-order chi connectivity index (χ0) is 16.5. The minimum atomic E-state index is -4.06. The van der Waals surface area contributed by atoms with E-state index >= 15 is 0 Å². The first-order valence-electron chi connectivity index (χ1n) is 6.09. The van der Waals surface area contributed by atoms with Gasteiger partial charge in [0, 0.05) is 6.26 Å². The molecule has 9 heteroatoms. The van der Waals surface area contributed by atoms with E-state index in [-0.39, 0.29) is 14.8 Å². The number of sulfone groups is 1. The summed E-state index contributed by atoms with van der Waals surface area (Å²) in [5.41, 5.74) is -1.05. The van der Waals surface area contributed by atoms with Crippen molar-refractivity contribution < 1.29 is 21.9 Å². The van der Waals surface area contributed by atoms with E-state index in [9.17, 15) is 21.9 Å². The highest BCUT2D eigenvalue weighted by molar-refractivity contribution is 7.91. The molecule has 6 nitrogen and oxygen atoms in total. The Kier molecular flexibility index (Phi) is 5.44. The average Bonchev–Trinajstić information content (AvgIpc) is 2.37. The molecule has 120 valence electrons. The van der Waals surface area contributed by atoms with Crippen molar-refractivity contribution in [3.05, 3.63) is 23.2 Å². The maximum absolute atomic E-state index is 12.4. The van der Waals surface area contributed by atoms with Crippen molar-refractivity contribution in [2.75, 3.05) is 12.9 Å². The van der Waals surface area contributed by atoms with Gasteiger partial charge in [-0.2, -0.15) is 0 Å². The SMILES string of the molecule is CCC(C)(CO)NS(=O)(=O)c1cc(S(C)(=O)=O)ccc1Cl. The van der Waals surface area contributed by atoms with E-state index in [0.29, 0.717) is 6.42 Å². The third-order valence-corrected chi connectivity index (χ3v) is 6.36. The Morgan fingerprint density at radius 2 is 1.86 bits per heavy atom. The van der Waals surface area contributed by atoms with Crippen LogP contribution in [0.2, 0.25) is 5.02 Å². The van der Waals surface area contributed by atoms with Gasteiger partial charge in [-0.25, -0.2) is 21.6 Å². The van der Waals surface area contributed by atoms with Crippen LogP contribution in [0.25, 0.3) is 0 Å². The molecule has 0 amide bonds. The van der Waals surface area contributed by atoms with Crippen LogP contribution in [0.1, 0.15) is 20.3 Å². The van der Waals surface area contributed by atoms with E-state index < -0.39 is 32.0 Å². The number of nitrogens with one attached hydrogen (secondary N) is 1. The highest BCUT2D eigenvalue weighted by Gasteiger charge is 2.30. The van der Waals surface area contributed by atoms with Gasteiger partial charge in [-0.05, 0) is 31.5 Å². The minimum Gasteiger partial charge on any atom is -0.394 e. The van der Waals surface area contributed by atoms with E-state index in [1.54, 1.807) is 13.8 Å². The molecule has 1 aromatic rings. The molecular weight excluding hydrogens is 338 g/mol. The van der Waals surface area contributed by atoms with Crippen LogP contribution in [0.5, 0.6) is 0 Å². The fourth-order valence-corrected chi connectivity index (χ4v) is 4.23. The lowest BCUT2D eigenvalue weighted by molar-refractivity contribution is 0.191. The molecule has 1 atom stereocenters. The summed E-state index contributed by atoms with van der Waals surface area (Å²) in [5, 5.41) is 9.20. The highest BCUT2D eigenvalue weighted by atomic mass is 35.5. The van der Waals surface area contributed by atoms with E-state index in [1.807, 2.05) is 0 Å². The van der Waals surface area contributed by atoms with E-state index in [0.717, 1.165) is 12.3 Å². The quantitative estimate of drug-likeness (QED) is 0.798. The number of aliphatic hydroxyl groups is 1. The molecule has 21 heavy (non-hydrogen) atoms. The Morgan fingerprint density at radius 1 is 1.29 bits per heavy atom. The summed E-state index contributed by atoms with van der Waals surface area (Å²) in [7, 11) is -7.62. The van der Waals surface area contributed by atoms with Gasteiger partial charge in [-0.1, -0.05) is 18.5 Å². The largest absolute Gasteiger partial charge is 0.394 e. The average molecular weight is 356 g/mol. The van der Waals surface area contributed by atoms with E-state index in [2.05, 4.69) is 4.72 Å². The first kappa shape index (κ1) is 18.4. The summed E-state index contributed by atoms with van der Waals surface area (Å²) in [6.07, 6.45) is 1.33. The smallest absolute Gasteiger partial charge is 0.242 e. The van der Waals surface area contributed by atoms with Gasteiger partial charge in [-0.15, -0.1) is 0 Å². The van der Waals surface area contributed by atoms with Crippen LogP contribution in [0, 0.1) is 0 Å². The summed E-state index contributed by atoms with van der Waals surface area (Å²) in [4.78, 5) is -0.477. The number of halogens is 1. The Bertz CT molecular complexity index is 724. The van der Waals surface area contributed by atoms with Crippen molar-refractivity contribution >= 4 is 31.5 Å². The van der Waals surface area contributed by atoms with Crippen LogP contribution < -0.4 is 4.72 Å². The van der Waals surface area contributed by atoms with Gasteiger partial charge >= 0.3 is 0 Å². The number of hydrogen-bond donors (Lipinski definition) is 2. The van der Waals surface area contributed by atoms with Crippen LogP contribution in [0.4, 0.5) is 0 Å². The molecule has 0 saturated heterocycles. The predicted octanol–water partition coefficient (Wildman–Crippen LogP) is 1.18. The van der Waals surface area contributed by atoms with Crippen molar-refractivity contribution in [2.45, 2.75) is 35.6 Å². The molecule has 0 aliphatic carbocycles. The van der Waals surface area contributed by atoms with Gasteiger partial charge in [0.05, 0.1) is 22.1 Å². The third-order valence-electron chi connectivity index (χ3n) is 3.13. The molecule has 2 N–H and O–H groups in total. The minimum absolute atomic E-state index is 0.0914. The molecule has 0 radical (unpaired) electrons. The molecule has 0 aliphatic heterocycles. The number of benzene rings is 1. The second-order valence-corrected chi connectivity index (χ2v) is 9.12. The Labute approximate surface area is 130 Å². The van der Waals surface area contributed by atoms with Crippen LogP contribution in [-0.4, -0.2) is 40.3 Å². The predicted molar refractivity (Wildman–Crippen MR) is 80.7 cm³/mol. The van der Waals surface area contributed by atoms with Gasteiger partial charge in [0.25, 0.3) is 0 Å². The molecule has 0 aromatic heterocycles. The topological polar surface area (TPSA) is 101 Å². The van der Waals surface area contributed by atoms with Crippen LogP contribution in [0.15, 0.2) is 28.0 Å². The van der Waals surface area contributed by atoms with Gasteiger partial charge in [0.2, 0.25) is 10.0 Å². The standard InChI is InChI=1S/C12H18ClNO5S2/c1-4-12(2,8-15)14-21(18,19)11-7-9(20(3,16)17)5-6-10(11)13/h5-7,14-15H,4,8H2,1-3H3. The molecule has 0 saturated carbocycles. The molecule has 0 aliphatic rings. The Balaban J connectivity index is 3.39. The van der Waals surface area contributed by atoms with Crippen molar-refractivity contribution in [3.8, 4) is 0 Å². The molecule has 0 bridgehead atoms. The van der Waals surface area contributed by atoms with Crippen LogP contribution in [0.3, 0.4) is 0 Å². The van der Waals surface area contributed by atoms with Gasteiger partial charge in [0.15, 0.2) is 9.84 Å². The highest BCUT2D eigenvalue weighted by Crippen LogP contribution is 2.26. The molecule has 1 aromatic carbocycles. The van der Waals surface area contributed by atoms with Crippen LogP contribution in [-0.2, 0) is 19.9 Å². The van der Waals surface area contributed by atoms with Crippen molar-refractivity contribution in [3.63, 3.8) is 0 Å². The summed E-state index contributed by atoms with van der Waals surface area (Å²) >= 11 is 5.87. The second kappa shape index (κ2) is 6.21. The fraction of sp³-hybridized carbons (Fsp3) is 0.500. The Morgan fingerprint density at radius 3 is 2.29 bits per heavy atom. The van der Waals surface area contributed by atoms with Crippen LogP contribution >= 0.6 is 11.6 Å². The number of sulfonamides is 1. The van der Waals surface area contributed by atoms with Gasteiger partial charge in [-0.3, -0.25) is 0 Å². The molecule has 0 fully saturated rings. The summed E-state index contributed by atoms with van der Waals surface area (Å²) in [6.45, 7) is 2.86. The lowest BCUT2D eigenvalue weighted by Gasteiger charge is -2.27. The maximum Gasteiger partial charge on any atom is 0.242 e. The van der Waals surface area contributed by atoms with E-state index in [1.165, 1.54) is 12.1 Å². The number of hydrogen-bond acceptors (Lipinski definition) is 5. The summed E-state index contributed by atoms with van der Waals surface area (Å²) in [6, 6.07) is 3.46. The summed E-state index contributed by atoms with van der Waals surface area (Å²) < 4.78 is 50.1. The molecule has 0 spiro atoms. The van der Waals surface area contributed by atoms with Crippen molar-refractivity contribution in [2.24, 2.45) is 0 Å². The third kappa shape index (κ3) is 4.40. The lowest BCUT2D eigenvalue weighted by atomic mass is 10.0. The fourth-order valence-electron chi connectivity index (χ4n) is 1.52. The maximum atomic E-state index is 12.4. The van der Waals surface area contributed by atoms with Gasteiger partial charge in [0.1, 0.15) is 4.90 Å². The molecular formula is C12H18ClNO5S2. The molecule has 1 unspecified atom stereocenters. The first-order chi connectivity index (χ1) is 9.45. The zero-order valence-corrected chi connectivity index (χ0v) is 14.3. The molecule has 0 heterocycles. The first-order valence-corrected chi connectivity index (χ1v) is 9.85. The number of aliphatic hydroxyl groups excluding tert-OH is 1. The van der Waals surface area contributed by atoms with E-state index in [4.69, 9.17) is 11.6 Å². The Hall–Kier alpha value is -0.670. The van der Waals surface area contributed by atoms with Crippen molar-refractivity contribution in [1.82, 2.24) is 4.72 Å². The summed E-state index contributed by atoms with van der Waals surface area (Å²) in [5.74, 6) is 0. The zero-order valence-electron chi connectivity index (χ0n) is 11.9. The normalized spacial score (nSPS) is 15.7.